The van der Waals surface area contributed by atoms with E-state index in [9.17, 15) is 0 Å². The molecular weight excluding hydrogens is 308 g/mol. The normalized spacial score (nSPS) is 23.2. The summed E-state index contributed by atoms with van der Waals surface area (Å²) in [4.78, 5) is 7.00. The molecular formula is C13H18N4S3. The van der Waals surface area contributed by atoms with Gasteiger partial charge in [-0.3, -0.25) is 0 Å². The highest BCUT2D eigenvalue weighted by atomic mass is 32.2. The van der Waals surface area contributed by atoms with Gasteiger partial charge < -0.3 is 10.6 Å². The fraction of sp³-hybridized carbons (Fsp3) is 0.538. The van der Waals surface area contributed by atoms with Crippen LogP contribution in [0, 0.1) is 6.92 Å². The van der Waals surface area contributed by atoms with Gasteiger partial charge in [-0.15, -0.1) is 11.3 Å². The van der Waals surface area contributed by atoms with Gasteiger partial charge in [0.05, 0.1) is 5.56 Å². The van der Waals surface area contributed by atoms with Gasteiger partial charge in [0.2, 0.25) is 0 Å². The third-order valence-electron chi connectivity index (χ3n) is 3.24. The first kappa shape index (κ1) is 14.2. The molecule has 7 heteroatoms. The fourth-order valence-electron chi connectivity index (χ4n) is 2.52. The summed E-state index contributed by atoms with van der Waals surface area (Å²) in [7, 11) is 0. The van der Waals surface area contributed by atoms with Crippen molar-refractivity contribution in [2.45, 2.75) is 31.3 Å². The van der Waals surface area contributed by atoms with Gasteiger partial charge in [-0.05, 0) is 18.5 Å². The maximum atomic E-state index is 6.09. The van der Waals surface area contributed by atoms with Crippen LogP contribution in [-0.2, 0) is 0 Å². The van der Waals surface area contributed by atoms with E-state index in [2.05, 4.69) is 45.2 Å². The number of anilines is 2. The van der Waals surface area contributed by atoms with E-state index in [0.717, 1.165) is 29.4 Å². The van der Waals surface area contributed by atoms with Crippen LogP contribution in [0.3, 0.4) is 0 Å². The Balaban J connectivity index is 1.98. The maximum Gasteiger partial charge on any atom is 0.149 e. The standard InChI is InChI=1S/C13H18N4S3/c1-7-6-18-12(15-7)10-11(14)16-20-13(10)17-4-8(2)19-9(3)5-17/h6,8-9H,4-5H2,1-3H3,(H2,14,16). The van der Waals surface area contributed by atoms with Crippen LogP contribution in [0.2, 0.25) is 0 Å². The predicted octanol–water partition coefficient (Wildman–Crippen LogP) is 3.49. The van der Waals surface area contributed by atoms with Crippen LogP contribution in [-0.4, -0.2) is 32.9 Å². The van der Waals surface area contributed by atoms with E-state index < -0.39 is 0 Å². The van der Waals surface area contributed by atoms with Gasteiger partial charge in [0.1, 0.15) is 15.8 Å². The average molecular weight is 327 g/mol. The summed E-state index contributed by atoms with van der Waals surface area (Å²) in [5.74, 6) is 0.609. The SMILES string of the molecule is Cc1csc(-c2c(N)nsc2N2CC(C)SC(C)C2)n1. The summed E-state index contributed by atoms with van der Waals surface area (Å²) < 4.78 is 4.37. The molecule has 1 aliphatic rings. The number of nitrogen functional groups attached to an aromatic ring is 1. The summed E-state index contributed by atoms with van der Waals surface area (Å²) >= 11 is 5.19. The van der Waals surface area contributed by atoms with Crippen molar-refractivity contribution >= 4 is 45.5 Å². The van der Waals surface area contributed by atoms with Crippen molar-refractivity contribution in [3.63, 3.8) is 0 Å². The molecule has 0 aliphatic carbocycles. The number of aromatic nitrogens is 2. The zero-order chi connectivity index (χ0) is 14.3. The minimum absolute atomic E-state index is 0.609. The van der Waals surface area contributed by atoms with Crippen molar-refractivity contribution in [1.29, 1.82) is 0 Å². The Morgan fingerprint density at radius 2 is 2.00 bits per heavy atom. The van der Waals surface area contributed by atoms with Crippen LogP contribution >= 0.6 is 34.6 Å². The zero-order valence-electron chi connectivity index (χ0n) is 11.8. The second-order valence-corrected chi connectivity index (χ2v) is 8.70. The summed E-state index contributed by atoms with van der Waals surface area (Å²) in [6.07, 6.45) is 0. The molecule has 3 heterocycles. The third-order valence-corrected chi connectivity index (χ3v) is 6.37. The minimum atomic E-state index is 0.609. The smallest absolute Gasteiger partial charge is 0.149 e. The number of thiazole rings is 1. The van der Waals surface area contributed by atoms with Crippen LogP contribution in [0.4, 0.5) is 10.8 Å². The molecule has 1 saturated heterocycles. The van der Waals surface area contributed by atoms with Gasteiger partial charge in [-0.2, -0.15) is 16.1 Å². The minimum Gasteiger partial charge on any atom is -0.382 e. The monoisotopic (exact) mass is 326 g/mol. The molecule has 0 spiro atoms. The Morgan fingerprint density at radius 3 is 2.60 bits per heavy atom. The summed E-state index contributed by atoms with van der Waals surface area (Å²) in [5.41, 5.74) is 8.16. The summed E-state index contributed by atoms with van der Waals surface area (Å²) in [6, 6.07) is 0. The maximum absolute atomic E-state index is 6.09. The highest BCUT2D eigenvalue weighted by molar-refractivity contribution is 8.00. The number of nitrogens with zero attached hydrogens (tertiary/aromatic N) is 3. The lowest BCUT2D eigenvalue weighted by molar-refractivity contribution is 0.734. The molecule has 0 aromatic carbocycles. The van der Waals surface area contributed by atoms with Gasteiger partial charge in [0.25, 0.3) is 0 Å². The lowest BCUT2D eigenvalue weighted by Crippen LogP contribution is -2.40. The number of rotatable bonds is 2. The van der Waals surface area contributed by atoms with Crippen LogP contribution in [0.25, 0.3) is 10.6 Å². The van der Waals surface area contributed by atoms with Crippen LogP contribution < -0.4 is 10.6 Å². The molecule has 2 aromatic rings. The van der Waals surface area contributed by atoms with Crippen molar-refractivity contribution < 1.29 is 0 Å². The number of hydrogen-bond acceptors (Lipinski definition) is 7. The molecule has 0 bridgehead atoms. The number of nitrogens with two attached hydrogens (primary N) is 1. The van der Waals surface area contributed by atoms with E-state index in [1.54, 1.807) is 11.3 Å². The molecule has 108 valence electrons. The van der Waals surface area contributed by atoms with Crippen molar-refractivity contribution in [1.82, 2.24) is 9.36 Å². The van der Waals surface area contributed by atoms with Crippen molar-refractivity contribution in [2.75, 3.05) is 23.7 Å². The molecule has 2 unspecified atom stereocenters. The van der Waals surface area contributed by atoms with E-state index in [1.165, 1.54) is 16.5 Å². The van der Waals surface area contributed by atoms with Crippen molar-refractivity contribution in [3.8, 4) is 10.6 Å². The molecule has 2 aromatic heterocycles. The first-order chi connectivity index (χ1) is 9.54. The summed E-state index contributed by atoms with van der Waals surface area (Å²) in [5, 5.41) is 5.49. The summed E-state index contributed by atoms with van der Waals surface area (Å²) in [6.45, 7) is 8.68. The molecule has 2 N–H and O–H groups in total. The van der Waals surface area contributed by atoms with E-state index in [1.807, 2.05) is 6.92 Å². The van der Waals surface area contributed by atoms with Gasteiger partial charge in [0, 0.05) is 34.7 Å². The highest BCUT2D eigenvalue weighted by Gasteiger charge is 2.27. The van der Waals surface area contributed by atoms with Gasteiger partial charge >= 0.3 is 0 Å². The molecule has 0 radical (unpaired) electrons. The molecule has 2 atom stereocenters. The molecule has 20 heavy (non-hydrogen) atoms. The second-order valence-electron chi connectivity index (χ2n) is 5.20. The lowest BCUT2D eigenvalue weighted by atomic mass is 10.2. The van der Waals surface area contributed by atoms with Crippen LogP contribution in [0.1, 0.15) is 19.5 Å². The Kier molecular flexibility index (Phi) is 3.92. The quantitative estimate of drug-likeness (QED) is 0.915. The van der Waals surface area contributed by atoms with E-state index in [0.29, 0.717) is 16.3 Å². The fourth-order valence-corrected chi connectivity index (χ4v) is 5.60. The third kappa shape index (κ3) is 2.66. The van der Waals surface area contributed by atoms with E-state index in [4.69, 9.17) is 5.73 Å². The van der Waals surface area contributed by atoms with Crippen LogP contribution in [0.15, 0.2) is 5.38 Å². The van der Waals surface area contributed by atoms with E-state index in [-0.39, 0.29) is 0 Å². The predicted molar refractivity (Wildman–Crippen MR) is 91.1 cm³/mol. The number of thioether (sulfide) groups is 1. The molecule has 1 fully saturated rings. The Hall–Kier alpha value is -0.790. The first-order valence-electron chi connectivity index (χ1n) is 6.62. The van der Waals surface area contributed by atoms with Crippen LogP contribution in [0.5, 0.6) is 0 Å². The van der Waals surface area contributed by atoms with Crippen molar-refractivity contribution in [2.24, 2.45) is 0 Å². The Morgan fingerprint density at radius 1 is 1.30 bits per heavy atom. The highest BCUT2D eigenvalue weighted by Crippen LogP contribution is 2.42. The topological polar surface area (TPSA) is 55.0 Å². The second kappa shape index (κ2) is 5.54. The van der Waals surface area contributed by atoms with Gasteiger partial charge in [-0.1, -0.05) is 13.8 Å². The molecule has 3 rings (SSSR count). The average Bonchev–Trinajstić information content (AvgIpc) is 2.94. The largest absolute Gasteiger partial charge is 0.382 e. The van der Waals surface area contributed by atoms with Crippen molar-refractivity contribution in [3.05, 3.63) is 11.1 Å². The zero-order valence-corrected chi connectivity index (χ0v) is 14.2. The number of aryl methyl sites for hydroxylation is 1. The Labute approximate surface area is 131 Å². The molecule has 1 aliphatic heterocycles. The first-order valence-corrected chi connectivity index (χ1v) is 9.22. The van der Waals surface area contributed by atoms with Gasteiger partial charge in [0.15, 0.2) is 0 Å². The Bertz CT molecular complexity index is 597. The lowest BCUT2D eigenvalue weighted by Gasteiger charge is -2.35. The van der Waals surface area contributed by atoms with Gasteiger partial charge in [-0.25, -0.2) is 4.98 Å². The van der Waals surface area contributed by atoms with E-state index >= 15 is 0 Å². The molecule has 0 saturated carbocycles. The number of hydrogen-bond donors (Lipinski definition) is 1. The molecule has 0 amide bonds. The molecule has 4 nitrogen and oxygen atoms in total.